The van der Waals surface area contributed by atoms with Crippen LogP contribution in [0.25, 0.3) is 0 Å². The van der Waals surface area contributed by atoms with E-state index in [0.717, 1.165) is 30.4 Å². The number of carboxylic acid groups (broad SMARTS) is 1. The smallest absolute Gasteiger partial charge is 0.329 e. The van der Waals surface area contributed by atoms with Gasteiger partial charge in [0.25, 0.3) is 0 Å². The van der Waals surface area contributed by atoms with Crippen LogP contribution >= 0.6 is 0 Å². The number of hydrogen-bond acceptors (Lipinski definition) is 5. The molecule has 208 valence electrons. The Morgan fingerprint density at radius 1 is 1.08 bits per heavy atom. The molecule has 1 aliphatic rings. The van der Waals surface area contributed by atoms with Gasteiger partial charge in [0.1, 0.15) is 17.0 Å². The maximum atomic E-state index is 13.7. The molecule has 2 aromatic rings. The first-order chi connectivity index (χ1) is 18.2. The molecule has 0 saturated heterocycles. The first-order valence-electron chi connectivity index (χ1n) is 13.5. The summed E-state index contributed by atoms with van der Waals surface area (Å²) in [6, 6.07) is 13.4. The molecule has 0 heterocycles. The number of carbonyl (C=O) groups excluding carboxylic acids is 1. The Bertz CT molecular complexity index is 1040. The number of ether oxygens (including phenoxy) is 3. The third kappa shape index (κ3) is 6.98. The van der Waals surface area contributed by atoms with Crippen LogP contribution in [0.5, 0.6) is 11.5 Å². The van der Waals surface area contributed by atoms with Crippen molar-refractivity contribution in [2.75, 3.05) is 26.9 Å². The predicted octanol–water partition coefficient (Wildman–Crippen LogP) is 5.52. The highest BCUT2D eigenvalue weighted by Gasteiger charge is 2.52. The lowest BCUT2D eigenvalue weighted by Crippen LogP contribution is -2.66. The van der Waals surface area contributed by atoms with Gasteiger partial charge in [-0.05, 0) is 70.2 Å². The lowest BCUT2D eigenvalue weighted by molar-refractivity contribution is -0.155. The van der Waals surface area contributed by atoms with Gasteiger partial charge in [0.2, 0.25) is 0 Å². The summed E-state index contributed by atoms with van der Waals surface area (Å²) in [5, 5.41) is 12.8. The number of aryl methyl sites for hydroxylation is 1. The molecule has 38 heavy (non-hydrogen) atoms. The van der Waals surface area contributed by atoms with Crippen LogP contribution in [0.1, 0.15) is 69.2 Å². The second kappa shape index (κ2) is 13.5. The average Bonchev–Trinajstić information content (AvgIpc) is 2.88. The molecule has 0 bridgehead atoms. The Labute approximate surface area is 226 Å². The van der Waals surface area contributed by atoms with Gasteiger partial charge in [0.05, 0.1) is 25.4 Å². The number of aliphatic carboxylic acids is 1. The minimum Gasteiger partial charge on any atom is -0.493 e. The summed E-state index contributed by atoms with van der Waals surface area (Å²) in [5.41, 5.74) is 1.71. The second-order valence-corrected chi connectivity index (χ2v) is 9.90. The second-order valence-electron chi connectivity index (χ2n) is 9.90. The lowest BCUT2D eigenvalue weighted by Gasteiger charge is -2.45. The van der Waals surface area contributed by atoms with Crippen LogP contribution in [-0.2, 0) is 16.0 Å². The summed E-state index contributed by atoms with van der Waals surface area (Å²) < 4.78 is 17.0. The van der Waals surface area contributed by atoms with Crippen LogP contribution < -0.4 is 14.8 Å². The highest BCUT2D eigenvalue weighted by atomic mass is 16.5. The number of benzene rings is 2. The standard InChI is InChI=1S/C30H42N2O6/c1-6-37-26-17-24(18-27(21(26)3)38-7-2)22(4)32(16-12-11-15-23-13-9-8-10-14-23)29(35)31-30(28(33)34)19-25(20-30)36-5/h8-10,13-14,17-18,22,25H,6-7,11-12,15-16,19-20H2,1-5H3,(H,31,35)(H,33,34)/t22-,25?,30?/m1/s1. The van der Waals surface area contributed by atoms with E-state index in [-0.39, 0.29) is 25.0 Å². The molecule has 8 nitrogen and oxygen atoms in total. The minimum atomic E-state index is -1.32. The van der Waals surface area contributed by atoms with E-state index in [1.165, 1.54) is 5.56 Å². The zero-order valence-corrected chi connectivity index (χ0v) is 23.3. The summed E-state index contributed by atoms with van der Waals surface area (Å²) in [4.78, 5) is 27.5. The summed E-state index contributed by atoms with van der Waals surface area (Å²) in [7, 11) is 1.56. The van der Waals surface area contributed by atoms with Crippen molar-refractivity contribution in [2.45, 2.75) is 77.5 Å². The number of rotatable bonds is 14. The molecule has 2 N–H and O–H groups in total. The Hall–Kier alpha value is -3.26. The first-order valence-corrected chi connectivity index (χ1v) is 13.5. The third-order valence-electron chi connectivity index (χ3n) is 7.34. The van der Waals surface area contributed by atoms with E-state index in [9.17, 15) is 14.7 Å². The normalized spacial score (nSPS) is 19.2. The van der Waals surface area contributed by atoms with Gasteiger partial charge in [-0.15, -0.1) is 0 Å². The van der Waals surface area contributed by atoms with Crippen molar-refractivity contribution in [3.05, 3.63) is 59.2 Å². The summed E-state index contributed by atoms with van der Waals surface area (Å²) in [6.07, 6.45) is 2.90. The first kappa shape index (κ1) is 29.3. The number of nitrogens with one attached hydrogen (secondary N) is 1. The van der Waals surface area contributed by atoms with Gasteiger partial charge in [-0.2, -0.15) is 0 Å². The molecule has 1 atom stereocenters. The van der Waals surface area contributed by atoms with E-state index in [2.05, 4.69) is 17.4 Å². The molecule has 8 heteroatoms. The lowest BCUT2D eigenvalue weighted by atomic mass is 9.74. The number of hydrogen-bond donors (Lipinski definition) is 2. The number of urea groups is 1. The monoisotopic (exact) mass is 526 g/mol. The minimum absolute atomic E-state index is 0.178. The summed E-state index contributed by atoms with van der Waals surface area (Å²) in [6.45, 7) is 9.27. The highest BCUT2D eigenvalue weighted by molar-refractivity contribution is 5.87. The van der Waals surface area contributed by atoms with Crippen LogP contribution in [-0.4, -0.2) is 60.5 Å². The van der Waals surface area contributed by atoms with Gasteiger partial charge < -0.3 is 29.5 Å². The number of amides is 2. The molecule has 2 amide bonds. The Morgan fingerprint density at radius 3 is 2.21 bits per heavy atom. The van der Waals surface area contributed by atoms with E-state index >= 15 is 0 Å². The maximum Gasteiger partial charge on any atom is 0.329 e. The Balaban J connectivity index is 1.84. The quantitative estimate of drug-likeness (QED) is 0.315. The molecule has 3 rings (SSSR count). The van der Waals surface area contributed by atoms with Crippen molar-refractivity contribution >= 4 is 12.0 Å². The van der Waals surface area contributed by atoms with Gasteiger partial charge in [0, 0.05) is 32.1 Å². The van der Waals surface area contributed by atoms with Gasteiger partial charge in [-0.1, -0.05) is 30.3 Å². The molecule has 1 fully saturated rings. The van der Waals surface area contributed by atoms with E-state index < -0.39 is 17.5 Å². The number of methoxy groups -OCH3 is 1. The molecule has 0 aliphatic heterocycles. The van der Waals surface area contributed by atoms with E-state index in [1.807, 2.05) is 58.0 Å². The van der Waals surface area contributed by atoms with Crippen molar-refractivity contribution in [3.8, 4) is 11.5 Å². The summed E-state index contributed by atoms with van der Waals surface area (Å²) >= 11 is 0. The van der Waals surface area contributed by atoms with Crippen molar-refractivity contribution in [3.63, 3.8) is 0 Å². The molecule has 0 spiro atoms. The van der Waals surface area contributed by atoms with Crippen molar-refractivity contribution in [1.29, 1.82) is 0 Å². The SMILES string of the molecule is CCOc1cc([C@@H](C)N(CCCCc2ccccc2)C(=O)NC2(C(=O)O)CC(OC)C2)cc(OCC)c1C. The molecular formula is C30H42N2O6. The Kier molecular flexibility index (Phi) is 10.4. The van der Waals surface area contributed by atoms with E-state index in [4.69, 9.17) is 14.2 Å². The average molecular weight is 527 g/mol. The maximum absolute atomic E-state index is 13.7. The fourth-order valence-electron chi connectivity index (χ4n) is 4.93. The zero-order chi connectivity index (χ0) is 27.7. The topological polar surface area (TPSA) is 97.3 Å². The third-order valence-corrected chi connectivity index (χ3v) is 7.34. The Morgan fingerprint density at radius 2 is 1.68 bits per heavy atom. The summed E-state index contributed by atoms with van der Waals surface area (Å²) in [5.74, 6) is 0.394. The van der Waals surface area contributed by atoms with Crippen LogP contribution in [0.2, 0.25) is 0 Å². The van der Waals surface area contributed by atoms with E-state index in [1.54, 1.807) is 12.0 Å². The van der Waals surface area contributed by atoms with Crippen LogP contribution in [0.15, 0.2) is 42.5 Å². The molecule has 0 aromatic heterocycles. The molecule has 1 aliphatic carbocycles. The molecule has 0 unspecified atom stereocenters. The van der Waals surface area contributed by atoms with Gasteiger partial charge in [0.15, 0.2) is 0 Å². The van der Waals surface area contributed by atoms with Crippen LogP contribution in [0, 0.1) is 6.92 Å². The van der Waals surface area contributed by atoms with Crippen molar-refractivity contribution in [1.82, 2.24) is 10.2 Å². The number of carboxylic acids is 1. The van der Waals surface area contributed by atoms with Crippen LogP contribution in [0.3, 0.4) is 0 Å². The molecule has 2 aromatic carbocycles. The van der Waals surface area contributed by atoms with Crippen molar-refractivity contribution < 1.29 is 28.9 Å². The van der Waals surface area contributed by atoms with Crippen LogP contribution in [0.4, 0.5) is 4.79 Å². The molecular weight excluding hydrogens is 484 g/mol. The van der Waals surface area contributed by atoms with E-state index in [0.29, 0.717) is 31.3 Å². The fourth-order valence-corrected chi connectivity index (χ4v) is 4.93. The fraction of sp³-hybridized carbons (Fsp3) is 0.533. The predicted molar refractivity (Wildman–Crippen MR) is 147 cm³/mol. The molecule has 1 saturated carbocycles. The largest absolute Gasteiger partial charge is 0.493 e. The zero-order valence-electron chi connectivity index (χ0n) is 23.3. The number of carbonyl (C=O) groups is 2. The van der Waals surface area contributed by atoms with Crippen molar-refractivity contribution in [2.24, 2.45) is 0 Å². The van der Waals surface area contributed by atoms with Gasteiger partial charge >= 0.3 is 12.0 Å². The highest BCUT2D eigenvalue weighted by Crippen LogP contribution is 2.37. The van der Waals surface area contributed by atoms with Gasteiger partial charge in [-0.3, -0.25) is 0 Å². The number of nitrogens with zero attached hydrogens (tertiary/aromatic N) is 1. The molecule has 0 radical (unpaired) electrons. The number of unbranched alkanes of at least 4 members (excludes halogenated alkanes) is 1. The van der Waals surface area contributed by atoms with Gasteiger partial charge in [-0.25, -0.2) is 9.59 Å².